The number of methoxy groups -OCH3 is 1. The quantitative estimate of drug-likeness (QED) is 0.748. The van der Waals surface area contributed by atoms with E-state index in [-0.39, 0.29) is 6.54 Å². The van der Waals surface area contributed by atoms with Gasteiger partial charge in [-0.05, 0) is 24.9 Å². The van der Waals surface area contributed by atoms with E-state index in [4.69, 9.17) is 9.84 Å². The van der Waals surface area contributed by atoms with Crippen LogP contribution in [-0.2, 0) is 11.3 Å². The molecule has 1 aromatic rings. The van der Waals surface area contributed by atoms with E-state index < -0.39 is 5.97 Å². The Kier molecular flexibility index (Phi) is 5.52. The van der Waals surface area contributed by atoms with Crippen LogP contribution in [0.3, 0.4) is 0 Å². The van der Waals surface area contributed by atoms with Crippen molar-refractivity contribution in [3.05, 3.63) is 23.9 Å². The summed E-state index contributed by atoms with van der Waals surface area (Å²) >= 11 is 0. The molecular weight excluding hydrogens is 270 g/mol. The first-order chi connectivity index (χ1) is 10.1. The molecule has 1 aliphatic carbocycles. The minimum absolute atomic E-state index is 0.135. The van der Waals surface area contributed by atoms with Crippen molar-refractivity contribution in [1.29, 1.82) is 0 Å². The third kappa shape index (κ3) is 4.41. The first-order valence-corrected chi connectivity index (χ1v) is 7.30. The summed E-state index contributed by atoms with van der Waals surface area (Å²) in [6.45, 7) is 3.70. The second-order valence-corrected chi connectivity index (χ2v) is 5.37. The van der Waals surface area contributed by atoms with E-state index in [0.717, 1.165) is 31.5 Å². The number of nitrogens with one attached hydrogen (secondary N) is 1. The van der Waals surface area contributed by atoms with Gasteiger partial charge in [0.05, 0.1) is 13.7 Å². The normalized spacial score (nSPS) is 21.1. The van der Waals surface area contributed by atoms with Gasteiger partial charge in [-0.2, -0.15) is 0 Å². The van der Waals surface area contributed by atoms with Gasteiger partial charge in [0.2, 0.25) is 5.88 Å². The number of carbonyl (C=O) groups is 1. The molecule has 0 bridgehead atoms. The lowest BCUT2D eigenvalue weighted by atomic mass is 9.85. The van der Waals surface area contributed by atoms with E-state index in [1.54, 1.807) is 7.11 Å². The zero-order valence-electron chi connectivity index (χ0n) is 12.6. The third-order valence-corrected chi connectivity index (χ3v) is 3.98. The summed E-state index contributed by atoms with van der Waals surface area (Å²) in [5, 5.41) is 12.3. The van der Waals surface area contributed by atoms with E-state index in [1.165, 1.54) is 0 Å². The molecule has 0 aliphatic heterocycles. The summed E-state index contributed by atoms with van der Waals surface area (Å²) in [6.07, 6.45) is 3.82. The fraction of sp³-hybridized carbons (Fsp3) is 0.600. The van der Waals surface area contributed by atoms with Crippen molar-refractivity contribution in [3.63, 3.8) is 0 Å². The Hall–Kier alpha value is -1.66. The Bertz CT molecular complexity index is 458. The van der Waals surface area contributed by atoms with E-state index >= 15 is 0 Å². The fourth-order valence-electron chi connectivity index (χ4n) is 2.62. The predicted molar refractivity (Wildman–Crippen MR) is 79.3 cm³/mol. The molecule has 0 amide bonds. The van der Waals surface area contributed by atoms with Crippen molar-refractivity contribution >= 4 is 5.97 Å². The van der Waals surface area contributed by atoms with Gasteiger partial charge in [0.1, 0.15) is 0 Å². The monoisotopic (exact) mass is 293 g/mol. The van der Waals surface area contributed by atoms with E-state index in [2.05, 4.69) is 10.3 Å². The molecule has 2 rings (SSSR count). The molecule has 1 heterocycles. The number of nitrogens with zero attached hydrogens (tertiary/aromatic N) is 2. The largest absolute Gasteiger partial charge is 0.481 e. The molecule has 21 heavy (non-hydrogen) atoms. The first kappa shape index (κ1) is 15.7. The number of aromatic nitrogens is 1. The molecule has 6 nitrogen and oxygen atoms in total. The van der Waals surface area contributed by atoms with Crippen LogP contribution in [0.5, 0.6) is 5.88 Å². The van der Waals surface area contributed by atoms with Gasteiger partial charge >= 0.3 is 5.97 Å². The maximum Gasteiger partial charge on any atom is 0.317 e. The maximum atomic E-state index is 10.8. The highest BCUT2D eigenvalue weighted by Crippen LogP contribution is 2.25. The van der Waals surface area contributed by atoms with Crippen LogP contribution in [0.4, 0.5) is 0 Å². The van der Waals surface area contributed by atoms with Crippen LogP contribution in [0, 0.1) is 0 Å². The van der Waals surface area contributed by atoms with Crippen molar-refractivity contribution < 1.29 is 14.6 Å². The standard InChI is InChI=1S/C15H23N3O3/c1-3-18(10-15(19)20)13-6-12(7-13)16-8-11-4-5-14(21-2)17-9-11/h4-5,9,12-13,16H,3,6-8,10H2,1-2H3,(H,19,20). The van der Waals surface area contributed by atoms with Gasteiger partial charge in [-0.25, -0.2) is 4.98 Å². The van der Waals surface area contributed by atoms with Gasteiger partial charge in [-0.15, -0.1) is 0 Å². The minimum Gasteiger partial charge on any atom is -0.481 e. The molecule has 116 valence electrons. The number of carboxylic acids is 1. The second kappa shape index (κ2) is 7.38. The number of carboxylic acid groups (broad SMARTS) is 1. The van der Waals surface area contributed by atoms with Crippen molar-refractivity contribution in [2.45, 2.75) is 38.4 Å². The van der Waals surface area contributed by atoms with Crippen LogP contribution in [0.25, 0.3) is 0 Å². The number of likely N-dealkylation sites (N-methyl/N-ethyl adjacent to an activating group) is 1. The first-order valence-electron chi connectivity index (χ1n) is 7.30. The number of hydrogen-bond donors (Lipinski definition) is 2. The molecule has 1 aromatic heterocycles. The molecule has 1 aliphatic rings. The Labute approximate surface area is 125 Å². The number of ether oxygens (including phenoxy) is 1. The van der Waals surface area contributed by atoms with Gasteiger partial charge in [0.15, 0.2) is 0 Å². The average molecular weight is 293 g/mol. The van der Waals surface area contributed by atoms with Crippen molar-refractivity contribution in [2.24, 2.45) is 0 Å². The summed E-state index contributed by atoms with van der Waals surface area (Å²) < 4.78 is 5.03. The van der Waals surface area contributed by atoms with E-state index in [0.29, 0.717) is 18.0 Å². The number of hydrogen-bond acceptors (Lipinski definition) is 5. The Morgan fingerprint density at radius 3 is 2.81 bits per heavy atom. The predicted octanol–water partition coefficient (Wildman–Crippen LogP) is 1.12. The summed E-state index contributed by atoms with van der Waals surface area (Å²) in [5.74, 6) is -0.132. The van der Waals surface area contributed by atoms with Crippen LogP contribution in [-0.4, -0.2) is 53.2 Å². The van der Waals surface area contributed by atoms with Crippen LogP contribution in [0.15, 0.2) is 18.3 Å². The third-order valence-electron chi connectivity index (χ3n) is 3.98. The topological polar surface area (TPSA) is 74.7 Å². The van der Waals surface area contributed by atoms with Gasteiger partial charge in [-0.3, -0.25) is 9.69 Å². The lowest BCUT2D eigenvalue weighted by Crippen LogP contribution is -2.53. The molecule has 0 radical (unpaired) electrons. The molecule has 6 heteroatoms. The number of aliphatic carboxylic acids is 1. The van der Waals surface area contributed by atoms with E-state index in [1.807, 2.05) is 30.2 Å². The minimum atomic E-state index is -0.752. The lowest BCUT2D eigenvalue weighted by Gasteiger charge is -2.42. The van der Waals surface area contributed by atoms with Crippen LogP contribution < -0.4 is 10.1 Å². The average Bonchev–Trinajstić information content (AvgIpc) is 2.44. The zero-order chi connectivity index (χ0) is 15.2. The van der Waals surface area contributed by atoms with Crippen molar-refractivity contribution in [3.8, 4) is 5.88 Å². The smallest absolute Gasteiger partial charge is 0.317 e. The number of rotatable bonds is 8. The van der Waals surface area contributed by atoms with Gasteiger partial charge in [0.25, 0.3) is 0 Å². The second-order valence-electron chi connectivity index (χ2n) is 5.37. The van der Waals surface area contributed by atoms with Crippen LogP contribution >= 0.6 is 0 Å². The molecule has 1 fully saturated rings. The highest BCUT2D eigenvalue weighted by Gasteiger charge is 2.33. The molecule has 1 saturated carbocycles. The number of pyridine rings is 1. The molecule has 0 saturated heterocycles. The van der Waals surface area contributed by atoms with Crippen molar-refractivity contribution in [2.75, 3.05) is 20.2 Å². The Morgan fingerprint density at radius 2 is 2.29 bits per heavy atom. The van der Waals surface area contributed by atoms with Crippen LogP contribution in [0.1, 0.15) is 25.3 Å². The Morgan fingerprint density at radius 1 is 1.52 bits per heavy atom. The molecule has 2 N–H and O–H groups in total. The summed E-state index contributed by atoms with van der Waals surface area (Å²) in [5.41, 5.74) is 1.12. The molecular formula is C15H23N3O3. The lowest BCUT2D eigenvalue weighted by molar-refractivity contribution is -0.139. The molecule has 0 atom stereocenters. The van der Waals surface area contributed by atoms with Gasteiger partial charge in [0, 0.05) is 30.9 Å². The maximum absolute atomic E-state index is 10.8. The van der Waals surface area contributed by atoms with Gasteiger partial charge < -0.3 is 15.2 Å². The summed E-state index contributed by atoms with van der Waals surface area (Å²) in [4.78, 5) is 17.0. The fourth-order valence-corrected chi connectivity index (χ4v) is 2.62. The molecule has 0 aromatic carbocycles. The summed E-state index contributed by atoms with van der Waals surface area (Å²) in [6, 6.07) is 4.70. The van der Waals surface area contributed by atoms with Gasteiger partial charge in [-0.1, -0.05) is 13.0 Å². The van der Waals surface area contributed by atoms with Crippen LogP contribution in [0.2, 0.25) is 0 Å². The molecule has 0 spiro atoms. The zero-order valence-corrected chi connectivity index (χ0v) is 12.6. The van der Waals surface area contributed by atoms with E-state index in [9.17, 15) is 4.79 Å². The van der Waals surface area contributed by atoms with Crippen molar-refractivity contribution in [1.82, 2.24) is 15.2 Å². The molecule has 0 unspecified atom stereocenters. The highest BCUT2D eigenvalue weighted by molar-refractivity contribution is 5.69. The SMILES string of the molecule is CCN(CC(=O)O)C1CC(NCc2ccc(OC)nc2)C1. The summed E-state index contributed by atoms with van der Waals surface area (Å²) in [7, 11) is 1.60. The Balaban J connectivity index is 1.71. The highest BCUT2D eigenvalue weighted by atomic mass is 16.5.